The van der Waals surface area contributed by atoms with Crippen molar-refractivity contribution in [3.05, 3.63) is 17.7 Å². The molecule has 0 aliphatic carbocycles. The first kappa shape index (κ1) is 14.7. The lowest BCUT2D eigenvalue weighted by Gasteiger charge is -2.15. The Hall–Kier alpha value is -2.35. The highest BCUT2D eigenvalue weighted by molar-refractivity contribution is 6.01. The van der Waals surface area contributed by atoms with E-state index >= 15 is 0 Å². The number of carbonyl (C=O) groups excluding carboxylic acids is 1. The van der Waals surface area contributed by atoms with Gasteiger partial charge in [-0.3, -0.25) is 4.79 Å². The van der Waals surface area contributed by atoms with Crippen molar-refractivity contribution in [2.45, 2.75) is 19.4 Å². The number of amides is 1. The number of ether oxygens (including phenoxy) is 2. The van der Waals surface area contributed by atoms with E-state index in [9.17, 15) is 4.79 Å². The van der Waals surface area contributed by atoms with Crippen molar-refractivity contribution in [1.29, 1.82) is 0 Å². The Labute approximate surface area is 113 Å². The minimum atomic E-state index is -0.308. The molecule has 5 heteroatoms. The van der Waals surface area contributed by atoms with E-state index in [0.29, 0.717) is 23.5 Å². The maximum absolute atomic E-state index is 12.1. The number of methoxy groups -OCH3 is 2. The summed E-state index contributed by atoms with van der Waals surface area (Å²) in [6.07, 6.45) is 5.65. The maximum atomic E-state index is 12.1. The fourth-order valence-electron chi connectivity index (χ4n) is 1.61. The molecule has 3 N–H and O–H groups in total. The summed E-state index contributed by atoms with van der Waals surface area (Å²) in [7, 11) is 2.99. The van der Waals surface area contributed by atoms with Crippen LogP contribution >= 0.6 is 0 Å². The lowest BCUT2D eigenvalue weighted by Crippen LogP contribution is -2.32. The Balaban J connectivity index is 3.05. The summed E-state index contributed by atoms with van der Waals surface area (Å²) >= 11 is 0. The van der Waals surface area contributed by atoms with Gasteiger partial charge in [0.2, 0.25) is 0 Å². The van der Waals surface area contributed by atoms with Gasteiger partial charge in [0.1, 0.15) is 11.5 Å². The van der Waals surface area contributed by atoms with E-state index in [0.717, 1.165) is 0 Å². The van der Waals surface area contributed by atoms with Crippen molar-refractivity contribution in [2.24, 2.45) is 0 Å². The zero-order chi connectivity index (χ0) is 14.4. The first-order chi connectivity index (χ1) is 9.03. The molecule has 0 aliphatic heterocycles. The van der Waals surface area contributed by atoms with Crippen molar-refractivity contribution in [3.8, 4) is 23.8 Å². The van der Waals surface area contributed by atoms with Crippen molar-refractivity contribution in [2.75, 3.05) is 20.0 Å². The van der Waals surface area contributed by atoms with Gasteiger partial charge in [-0.05, 0) is 13.0 Å². The average Bonchev–Trinajstić information content (AvgIpc) is 2.39. The molecule has 0 aliphatic rings. The van der Waals surface area contributed by atoms with Gasteiger partial charge in [0.15, 0.2) is 0 Å². The van der Waals surface area contributed by atoms with E-state index in [2.05, 4.69) is 11.2 Å². The molecule has 0 bridgehead atoms. The molecule has 1 aromatic carbocycles. The standard InChI is InChI=1S/C14H18N2O3/c1-5-6-9(2)16-14(17)11-7-10(18-3)8-12(19-4)13(11)15/h1,7-9H,6,15H2,2-4H3,(H,16,17). The summed E-state index contributed by atoms with van der Waals surface area (Å²) in [5.41, 5.74) is 6.46. The predicted octanol–water partition coefficient (Wildman–Crippen LogP) is 1.43. The number of carbonyl (C=O) groups is 1. The molecule has 0 spiro atoms. The number of hydrogen-bond acceptors (Lipinski definition) is 4. The average molecular weight is 262 g/mol. The van der Waals surface area contributed by atoms with Gasteiger partial charge in [0.25, 0.3) is 5.91 Å². The molecule has 1 rings (SSSR count). The number of terminal acetylenes is 1. The topological polar surface area (TPSA) is 73.6 Å². The van der Waals surface area contributed by atoms with Crippen LogP contribution in [0.2, 0.25) is 0 Å². The summed E-state index contributed by atoms with van der Waals surface area (Å²) in [6, 6.07) is 3.06. The highest BCUT2D eigenvalue weighted by Crippen LogP contribution is 2.30. The van der Waals surface area contributed by atoms with Crippen LogP contribution in [0.5, 0.6) is 11.5 Å². The second-order valence-electron chi connectivity index (χ2n) is 4.07. The lowest BCUT2D eigenvalue weighted by molar-refractivity contribution is 0.0941. The Morgan fingerprint density at radius 3 is 2.68 bits per heavy atom. The predicted molar refractivity (Wildman–Crippen MR) is 74.3 cm³/mol. The summed E-state index contributed by atoms with van der Waals surface area (Å²) in [4.78, 5) is 12.1. The summed E-state index contributed by atoms with van der Waals surface area (Å²) in [6.45, 7) is 1.82. The summed E-state index contributed by atoms with van der Waals surface area (Å²) in [5.74, 6) is 3.08. The third-order valence-corrected chi connectivity index (χ3v) is 2.62. The molecule has 0 aromatic heterocycles. The van der Waals surface area contributed by atoms with Gasteiger partial charge in [-0.2, -0.15) is 0 Å². The van der Waals surface area contributed by atoms with Gasteiger partial charge in [-0.25, -0.2) is 0 Å². The van der Waals surface area contributed by atoms with Crippen LogP contribution in [0.15, 0.2) is 12.1 Å². The fourth-order valence-corrected chi connectivity index (χ4v) is 1.61. The van der Waals surface area contributed by atoms with Crippen LogP contribution in [0.3, 0.4) is 0 Å². The highest BCUT2D eigenvalue weighted by atomic mass is 16.5. The molecule has 0 fully saturated rings. The van der Waals surface area contributed by atoms with Crippen molar-refractivity contribution in [3.63, 3.8) is 0 Å². The number of rotatable bonds is 5. The van der Waals surface area contributed by atoms with Gasteiger partial charge >= 0.3 is 0 Å². The zero-order valence-electron chi connectivity index (χ0n) is 11.3. The minimum absolute atomic E-state index is 0.130. The van der Waals surface area contributed by atoms with Crippen LogP contribution in [0.4, 0.5) is 5.69 Å². The van der Waals surface area contributed by atoms with Gasteiger partial charge in [-0.15, -0.1) is 12.3 Å². The molecule has 1 unspecified atom stereocenters. The number of nitrogens with two attached hydrogens (primary N) is 1. The first-order valence-corrected chi connectivity index (χ1v) is 5.79. The fraction of sp³-hybridized carbons (Fsp3) is 0.357. The Morgan fingerprint density at radius 1 is 1.47 bits per heavy atom. The highest BCUT2D eigenvalue weighted by Gasteiger charge is 2.17. The normalized spacial score (nSPS) is 11.3. The van der Waals surface area contributed by atoms with Gasteiger partial charge in [-0.1, -0.05) is 0 Å². The van der Waals surface area contributed by atoms with Crippen LogP contribution in [-0.4, -0.2) is 26.2 Å². The third kappa shape index (κ3) is 3.55. The molecule has 0 radical (unpaired) electrons. The van der Waals surface area contributed by atoms with Crippen molar-refractivity contribution >= 4 is 11.6 Å². The number of hydrogen-bond donors (Lipinski definition) is 2. The maximum Gasteiger partial charge on any atom is 0.253 e. The zero-order valence-corrected chi connectivity index (χ0v) is 11.3. The van der Waals surface area contributed by atoms with Gasteiger partial charge < -0.3 is 20.5 Å². The van der Waals surface area contributed by atoms with E-state index < -0.39 is 0 Å². The third-order valence-electron chi connectivity index (χ3n) is 2.62. The van der Waals surface area contributed by atoms with Crippen LogP contribution in [0.25, 0.3) is 0 Å². The largest absolute Gasteiger partial charge is 0.497 e. The molecule has 1 amide bonds. The van der Waals surface area contributed by atoms with Gasteiger partial charge in [0, 0.05) is 18.5 Å². The lowest BCUT2D eigenvalue weighted by atomic mass is 10.1. The number of anilines is 1. The monoisotopic (exact) mass is 262 g/mol. The van der Waals surface area contributed by atoms with E-state index in [4.69, 9.17) is 21.6 Å². The van der Waals surface area contributed by atoms with Gasteiger partial charge in [0.05, 0.1) is 25.5 Å². The minimum Gasteiger partial charge on any atom is -0.497 e. The molecule has 19 heavy (non-hydrogen) atoms. The molecule has 1 atom stereocenters. The van der Waals surface area contributed by atoms with Crippen LogP contribution in [-0.2, 0) is 0 Å². The molecule has 0 heterocycles. The number of benzene rings is 1. The number of nitrogen functional groups attached to an aromatic ring is 1. The number of nitrogens with one attached hydrogen (secondary N) is 1. The molecule has 5 nitrogen and oxygen atoms in total. The quantitative estimate of drug-likeness (QED) is 0.622. The summed E-state index contributed by atoms with van der Waals surface area (Å²) < 4.78 is 10.2. The van der Waals surface area contributed by atoms with Crippen molar-refractivity contribution in [1.82, 2.24) is 5.32 Å². The van der Waals surface area contributed by atoms with Crippen LogP contribution in [0, 0.1) is 12.3 Å². The van der Waals surface area contributed by atoms with E-state index in [-0.39, 0.29) is 17.6 Å². The van der Waals surface area contributed by atoms with E-state index in [1.54, 1.807) is 12.1 Å². The molecule has 1 aromatic rings. The molecule has 0 saturated heterocycles. The Bertz CT molecular complexity index is 506. The summed E-state index contributed by atoms with van der Waals surface area (Å²) in [5, 5.41) is 2.77. The van der Waals surface area contributed by atoms with Crippen LogP contribution in [0.1, 0.15) is 23.7 Å². The van der Waals surface area contributed by atoms with E-state index in [1.807, 2.05) is 6.92 Å². The Kier molecular flexibility index (Phi) is 5.07. The second kappa shape index (κ2) is 6.55. The Morgan fingerprint density at radius 2 is 2.16 bits per heavy atom. The van der Waals surface area contributed by atoms with Crippen molar-refractivity contribution < 1.29 is 14.3 Å². The molecule has 0 saturated carbocycles. The smallest absolute Gasteiger partial charge is 0.253 e. The second-order valence-corrected chi connectivity index (χ2v) is 4.07. The SMILES string of the molecule is C#CCC(C)NC(=O)c1cc(OC)cc(OC)c1N. The molecular weight excluding hydrogens is 244 g/mol. The van der Waals surface area contributed by atoms with E-state index in [1.165, 1.54) is 14.2 Å². The first-order valence-electron chi connectivity index (χ1n) is 5.79. The molecular formula is C14H18N2O3. The van der Waals surface area contributed by atoms with Crippen LogP contribution < -0.4 is 20.5 Å². The molecule has 102 valence electrons.